The van der Waals surface area contributed by atoms with E-state index in [9.17, 15) is 18.0 Å². The number of aryl methyl sites for hydroxylation is 2. The fourth-order valence-electron chi connectivity index (χ4n) is 2.32. The van der Waals surface area contributed by atoms with Crippen LogP contribution in [0.5, 0.6) is 5.75 Å². The van der Waals surface area contributed by atoms with Crippen LogP contribution in [0.3, 0.4) is 0 Å². The number of hydrogen-bond acceptors (Lipinski definition) is 2. The number of anilines is 1. The maximum absolute atomic E-state index is 12.9. The normalized spacial score (nSPS) is 12.6. The van der Waals surface area contributed by atoms with E-state index in [4.69, 9.17) is 16.3 Å². The second-order valence-corrected chi connectivity index (χ2v) is 6.37. The summed E-state index contributed by atoms with van der Waals surface area (Å²) in [7, 11) is 0. The van der Waals surface area contributed by atoms with E-state index >= 15 is 0 Å². The first-order valence-corrected chi connectivity index (χ1v) is 8.41. The molecule has 0 bridgehead atoms. The molecule has 0 aliphatic carbocycles. The number of amides is 1. The maximum Gasteiger partial charge on any atom is 0.416 e. The number of alkyl halides is 3. The number of nitrogens with one attached hydrogen (secondary N) is 1. The van der Waals surface area contributed by atoms with Crippen LogP contribution >= 0.6 is 11.6 Å². The molecule has 0 saturated heterocycles. The van der Waals surface area contributed by atoms with Crippen molar-refractivity contribution in [2.75, 3.05) is 5.32 Å². The molecule has 0 saturated carbocycles. The Labute approximate surface area is 155 Å². The van der Waals surface area contributed by atoms with Crippen molar-refractivity contribution in [1.82, 2.24) is 0 Å². The molecule has 1 atom stereocenters. The van der Waals surface area contributed by atoms with Crippen molar-refractivity contribution >= 4 is 23.2 Å². The van der Waals surface area contributed by atoms with Crippen LogP contribution in [0.4, 0.5) is 18.9 Å². The zero-order valence-corrected chi connectivity index (χ0v) is 15.3. The summed E-state index contributed by atoms with van der Waals surface area (Å²) in [5, 5.41) is 2.45. The third kappa shape index (κ3) is 4.91. The zero-order chi connectivity index (χ0) is 19.5. The van der Waals surface area contributed by atoms with Crippen LogP contribution in [-0.2, 0) is 11.0 Å². The third-order valence-corrected chi connectivity index (χ3v) is 4.16. The van der Waals surface area contributed by atoms with Crippen LogP contribution in [0.1, 0.15) is 30.0 Å². The summed E-state index contributed by atoms with van der Waals surface area (Å²) in [6.45, 7) is 5.50. The van der Waals surface area contributed by atoms with Gasteiger partial charge in [0.05, 0.1) is 16.3 Å². The molecule has 3 nitrogen and oxygen atoms in total. The third-order valence-electron chi connectivity index (χ3n) is 3.83. The average molecular weight is 386 g/mol. The van der Waals surface area contributed by atoms with Crippen molar-refractivity contribution in [3.8, 4) is 5.75 Å². The van der Waals surface area contributed by atoms with Crippen LogP contribution < -0.4 is 10.1 Å². The highest BCUT2D eigenvalue weighted by Gasteiger charge is 2.31. The molecule has 0 unspecified atom stereocenters. The summed E-state index contributed by atoms with van der Waals surface area (Å²) in [6.07, 6.45) is -5.04. The van der Waals surface area contributed by atoms with Gasteiger partial charge in [-0.25, -0.2) is 0 Å². The Balaban J connectivity index is 2.20. The van der Waals surface area contributed by atoms with Gasteiger partial charge in [0, 0.05) is 0 Å². The highest BCUT2D eigenvalue weighted by molar-refractivity contribution is 6.33. The molecule has 7 heteroatoms. The predicted octanol–water partition coefficient (Wildman–Crippen LogP) is 5.77. The van der Waals surface area contributed by atoms with E-state index in [1.165, 1.54) is 0 Å². The fraction of sp³-hybridized carbons (Fsp3) is 0.316. The smallest absolute Gasteiger partial charge is 0.416 e. The largest absolute Gasteiger partial charge is 0.480 e. The first-order chi connectivity index (χ1) is 12.1. The van der Waals surface area contributed by atoms with Gasteiger partial charge in [-0.1, -0.05) is 30.7 Å². The van der Waals surface area contributed by atoms with Gasteiger partial charge in [0.25, 0.3) is 5.91 Å². The number of halogens is 4. The molecule has 2 rings (SSSR count). The van der Waals surface area contributed by atoms with Gasteiger partial charge in [-0.15, -0.1) is 0 Å². The lowest BCUT2D eigenvalue weighted by atomic mass is 10.1. The van der Waals surface area contributed by atoms with E-state index in [-0.39, 0.29) is 10.7 Å². The lowest BCUT2D eigenvalue weighted by molar-refractivity contribution is -0.137. The minimum absolute atomic E-state index is 0.0212. The van der Waals surface area contributed by atoms with Crippen molar-refractivity contribution in [3.05, 3.63) is 58.1 Å². The number of benzene rings is 2. The van der Waals surface area contributed by atoms with Crippen molar-refractivity contribution in [3.63, 3.8) is 0 Å². The molecule has 0 fully saturated rings. The highest BCUT2D eigenvalue weighted by Crippen LogP contribution is 2.34. The number of carbonyl (C=O) groups is 1. The van der Waals surface area contributed by atoms with Gasteiger partial charge < -0.3 is 10.1 Å². The van der Waals surface area contributed by atoms with Crippen LogP contribution in [0, 0.1) is 13.8 Å². The van der Waals surface area contributed by atoms with E-state index in [0.29, 0.717) is 12.2 Å². The van der Waals surface area contributed by atoms with Crippen molar-refractivity contribution in [2.24, 2.45) is 0 Å². The van der Waals surface area contributed by atoms with E-state index in [1.807, 2.05) is 32.0 Å². The van der Waals surface area contributed by atoms with Gasteiger partial charge in [-0.2, -0.15) is 13.2 Å². The average Bonchev–Trinajstić information content (AvgIpc) is 2.56. The first kappa shape index (κ1) is 20.1. The van der Waals surface area contributed by atoms with Gasteiger partial charge in [-0.05, 0) is 55.7 Å². The van der Waals surface area contributed by atoms with Gasteiger partial charge >= 0.3 is 6.18 Å². The molecular weight excluding hydrogens is 367 g/mol. The highest BCUT2D eigenvalue weighted by atomic mass is 35.5. The van der Waals surface area contributed by atoms with Gasteiger partial charge in [0.2, 0.25) is 0 Å². The molecule has 2 aromatic rings. The zero-order valence-electron chi connectivity index (χ0n) is 14.6. The standard InChI is InChI=1S/C19H19ClF3NO2/c1-4-16(26-17-9-11(2)5-6-12(17)3)18(25)24-15-10-13(19(21,22)23)7-8-14(15)20/h5-10,16H,4H2,1-3H3,(H,24,25)/t16-/m0/s1. The fourth-order valence-corrected chi connectivity index (χ4v) is 2.49. The Hall–Kier alpha value is -2.21. The van der Waals surface area contributed by atoms with E-state index in [1.54, 1.807) is 6.92 Å². The second-order valence-electron chi connectivity index (χ2n) is 5.97. The Morgan fingerprint density at radius 3 is 2.50 bits per heavy atom. The summed E-state index contributed by atoms with van der Waals surface area (Å²) in [5.41, 5.74) is 0.843. The molecule has 0 spiro atoms. The summed E-state index contributed by atoms with van der Waals surface area (Å²) in [6, 6.07) is 8.38. The molecule has 2 aromatic carbocycles. The maximum atomic E-state index is 12.9. The molecule has 0 heterocycles. The minimum atomic E-state index is -4.52. The first-order valence-electron chi connectivity index (χ1n) is 8.03. The Morgan fingerprint density at radius 1 is 1.19 bits per heavy atom. The van der Waals surface area contributed by atoms with Crippen LogP contribution in [-0.4, -0.2) is 12.0 Å². The summed E-state index contributed by atoms with van der Waals surface area (Å²) in [5.74, 6) is -0.00299. The van der Waals surface area contributed by atoms with Crippen molar-refractivity contribution in [2.45, 2.75) is 39.5 Å². The SMILES string of the molecule is CC[C@H](Oc1cc(C)ccc1C)C(=O)Nc1cc(C(F)(F)F)ccc1Cl. The van der Waals surface area contributed by atoms with E-state index < -0.39 is 23.8 Å². The van der Waals surface area contributed by atoms with Crippen LogP contribution in [0.15, 0.2) is 36.4 Å². The minimum Gasteiger partial charge on any atom is -0.480 e. The van der Waals surface area contributed by atoms with Crippen LogP contribution in [0.25, 0.3) is 0 Å². The summed E-state index contributed by atoms with van der Waals surface area (Å²) in [4.78, 5) is 12.5. The molecule has 140 valence electrons. The molecule has 1 amide bonds. The predicted molar refractivity (Wildman–Crippen MR) is 95.7 cm³/mol. The number of hydrogen-bond donors (Lipinski definition) is 1. The van der Waals surface area contributed by atoms with E-state index in [0.717, 1.165) is 29.3 Å². The Morgan fingerprint density at radius 2 is 1.88 bits per heavy atom. The van der Waals surface area contributed by atoms with Gasteiger partial charge in [0.15, 0.2) is 6.10 Å². The summed E-state index contributed by atoms with van der Waals surface area (Å²) >= 11 is 5.92. The number of ether oxygens (including phenoxy) is 1. The van der Waals surface area contributed by atoms with Crippen molar-refractivity contribution < 1.29 is 22.7 Å². The molecule has 0 aromatic heterocycles. The monoisotopic (exact) mass is 385 g/mol. The Bertz CT molecular complexity index is 806. The molecule has 1 N–H and O–H groups in total. The lowest BCUT2D eigenvalue weighted by Gasteiger charge is -2.20. The second kappa shape index (κ2) is 7.99. The molecule has 0 aliphatic heterocycles. The van der Waals surface area contributed by atoms with E-state index in [2.05, 4.69) is 5.32 Å². The molecular formula is C19H19ClF3NO2. The number of carbonyl (C=O) groups excluding carboxylic acids is 1. The quantitative estimate of drug-likeness (QED) is 0.709. The van der Waals surface area contributed by atoms with Gasteiger partial charge in [-0.3, -0.25) is 4.79 Å². The van der Waals surface area contributed by atoms with Crippen molar-refractivity contribution in [1.29, 1.82) is 0 Å². The van der Waals surface area contributed by atoms with Crippen LogP contribution in [0.2, 0.25) is 5.02 Å². The molecule has 0 radical (unpaired) electrons. The summed E-state index contributed by atoms with van der Waals surface area (Å²) < 4.78 is 44.3. The Kier molecular flexibility index (Phi) is 6.18. The topological polar surface area (TPSA) is 38.3 Å². The molecule has 0 aliphatic rings. The van der Waals surface area contributed by atoms with Gasteiger partial charge in [0.1, 0.15) is 5.75 Å². The lowest BCUT2D eigenvalue weighted by Crippen LogP contribution is -2.32. The number of rotatable bonds is 5. The molecule has 26 heavy (non-hydrogen) atoms.